The van der Waals surface area contributed by atoms with Crippen molar-refractivity contribution in [3.05, 3.63) is 23.9 Å². The molecule has 0 bridgehead atoms. The van der Waals surface area contributed by atoms with Gasteiger partial charge in [-0.1, -0.05) is 13.8 Å². The van der Waals surface area contributed by atoms with Gasteiger partial charge in [0.25, 0.3) is 0 Å². The molecule has 0 aromatic carbocycles. The third kappa shape index (κ3) is 3.02. The quantitative estimate of drug-likeness (QED) is 0.576. The van der Waals surface area contributed by atoms with E-state index in [9.17, 15) is 5.11 Å². The number of aromatic nitrogens is 3. The summed E-state index contributed by atoms with van der Waals surface area (Å²) in [5.74, 6) is 0.485. The molecule has 6 nitrogen and oxygen atoms in total. The average molecular weight is 331 g/mol. The van der Waals surface area contributed by atoms with Gasteiger partial charge < -0.3 is 16.2 Å². The molecule has 0 unspecified atom stereocenters. The van der Waals surface area contributed by atoms with E-state index in [0.717, 1.165) is 32.0 Å². The summed E-state index contributed by atoms with van der Waals surface area (Å²) in [5, 5.41) is 19.9. The highest BCUT2D eigenvalue weighted by molar-refractivity contribution is 7.23. The molecule has 0 aliphatic heterocycles. The predicted molar refractivity (Wildman–Crippen MR) is 95.7 cm³/mol. The number of anilines is 2. The monoisotopic (exact) mass is 331 g/mol. The molecule has 0 fully saturated rings. The number of aryl methyl sites for hydroxylation is 1. The van der Waals surface area contributed by atoms with E-state index in [2.05, 4.69) is 20.5 Å². The lowest BCUT2D eigenvalue weighted by atomic mass is 9.95. The summed E-state index contributed by atoms with van der Waals surface area (Å²) in [6, 6.07) is 3.80. The van der Waals surface area contributed by atoms with Crippen molar-refractivity contribution in [2.24, 2.45) is 5.41 Å². The molecule has 3 aromatic heterocycles. The van der Waals surface area contributed by atoms with Crippen molar-refractivity contribution in [1.82, 2.24) is 15.2 Å². The number of H-pyrrole nitrogens is 1. The Morgan fingerprint density at radius 3 is 2.87 bits per heavy atom. The van der Waals surface area contributed by atoms with E-state index in [1.807, 2.05) is 32.9 Å². The van der Waals surface area contributed by atoms with E-state index in [4.69, 9.17) is 5.73 Å². The van der Waals surface area contributed by atoms with Gasteiger partial charge in [0.2, 0.25) is 0 Å². The maximum Gasteiger partial charge on any atom is 0.126 e. The summed E-state index contributed by atoms with van der Waals surface area (Å²) in [5.41, 5.74) is 9.70. The molecule has 0 saturated heterocycles. The summed E-state index contributed by atoms with van der Waals surface area (Å²) in [7, 11) is 0. The Bertz CT molecular complexity index is 823. The molecule has 0 amide bonds. The van der Waals surface area contributed by atoms with Gasteiger partial charge in [-0.15, -0.1) is 11.3 Å². The van der Waals surface area contributed by atoms with E-state index in [0.29, 0.717) is 12.4 Å². The second-order valence-corrected chi connectivity index (χ2v) is 7.50. The number of hydrogen-bond acceptors (Lipinski definition) is 6. The molecule has 23 heavy (non-hydrogen) atoms. The zero-order valence-electron chi connectivity index (χ0n) is 13.5. The maximum atomic E-state index is 9.43. The molecule has 0 atom stereocenters. The number of fused-ring (bicyclic) bond motifs is 1. The van der Waals surface area contributed by atoms with Gasteiger partial charge in [-0.2, -0.15) is 5.10 Å². The highest BCUT2D eigenvalue weighted by Gasteiger charge is 2.19. The van der Waals surface area contributed by atoms with Gasteiger partial charge in [-0.05, 0) is 18.6 Å². The van der Waals surface area contributed by atoms with Crippen LogP contribution < -0.4 is 11.1 Å². The Hall–Kier alpha value is -2.12. The van der Waals surface area contributed by atoms with Gasteiger partial charge in [0.15, 0.2) is 0 Å². The minimum absolute atomic E-state index is 0.118. The molecule has 0 saturated carbocycles. The Labute approximate surface area is 138 Å². The number of rotatable bonds is 5. The lowest BCUT2D eigenvalue weighted by molar-refractivity contribution is 0.171. The molecule has 0 spiro atoms. The van der Waals surface area contributed by atoms with Crippen molar-refractivity contribution in [1.29, 1.82) is 0 Å². The Kier molecular flexibility index (Phi) is 3.99. The lowest BCUT2D eigenvalue weighted by Crippen LogP contribution is -2.26. The van der Waals surface area contributed by atoms with Gasteiger partial charge in [0.05, 0.1) is 26.5 Å². The normalized spacial score (nSPS) is 12.0. The molecule has 5 N–H and O–H groups in total. The largest absolute Gasteiger partial charge is 0.396 e. The summed E-state index contributed by atoms with van der Waals surface area (Å²) in [6.07, 6.45) is 1.74. The van der Waals surface area contributed by atoms with Crippen molar-refractivity contribution >= 4 is 33.1 Å². The van der Waals surface area contributed by atoms with Crippen LogP contribution in [0.2, 0.25) is 0 Å². The van der Waals surface area contributed by atoms with Crippen molar-refractivity contribution in [3.8, 4) is 10.6 Å². The van der Waals surface area contributed by atoms with Crippen LogP contribution in [-0.2, 0) is 0 Å². The van der Waals surface area contributed by atoms with Gasteiger partial charge in [-0.25, -0.2) is 4.98 Å². The first-order valence-electron chi connectivity index (χ1n) is 7.45. The minimum Gasteiger partial charge on any atom is -0.396 e. The van der Waals surface area contributed by atoms with E-state index in [1.54, 1.807) is 17.5 Å². The predicted octanol–water partition coefficient (Wildman–Crippen LogP) is 3.01. The maximum absolute atomic E-state index is 9.43. The number of aliphatic hydroxyl groups is 1. The zero-order chi connectivity index (χ0) is 16.6. The van der Waals surface area contributed by atoms with Crippen molar-refractivity contribution in [2.75, 3.05) is 24.2 Å². The third-order valence-electron chi connectivity index (χ3n) is 3.82. The number of hydrogen-bond donors (Lipinski definition) is 4. The second-order valence-electron chi connectivity index (χ2n) is 6.47. The fourth-order valence-corrected chi connectivity index (χ4v) is 3.57. The van der Waals surface area contributed by atoms with Crippen LogP contribution in [0, 0.1) is 12.3 Å². The van der Waals surface area contributed by atoms with Crippen LogP contribution in [0.25, 0.3) is 20.8 Å². The summed E-state index contributed by atoms with van der Waals surface area (Å²) < 4.78 is 1.06. The highest BCUT2D eigenvalue weighted by Crippen LogP contribution is 2.40. The van der Waals surface area contributed by atoms with Crippen molar-refractivity contribution < 1.29 is 5.11 Å². The van der Waals surface area contributed by atoms with Crippen LogP contribution in [0.3, 0.4) is 0 Å². The van der Waals surface area contributed by atoms with Crippen LogP contribution in [0.4, 0.5) is 11.5 Å². The number of aromatic amines is 1. The Balaban J connectivity index is 2.06. The molecule has 3 heterocycles. The third-order valence-corrected chi connectivity index (χ3v) is 5.17. The van der Waals surface area contributed by atoms with Crippen LogP contribution in [-0.4, -0.2) is 33.4 Å². The molecular weight excluding hydrogens is 310 g/mol. The Morgan fingerprint density at radius 2 is 2.22 bits per heavy atom. The second kappa shape index (κ2) is 5.82. The first-order valence-corrected chi connectivity index (χ1v) is 8.27. The zero-order valence-corrected chi connectivity index (χ0v) is 14.3. The van der Waals surface area contributed by atoms with Gasteiger partial charge >= 0.3 is 0 Å². The van der Waals surface area contributed by atoms with Gasteiger partial charge in [-0.3, -0.25) is 5.10 Å². The number of pyridine rings is 1. The van der Waals surface area contributed by atoms with Crippen molar-refractivity contribution in [3.63, 3.8) is 0 Å². The number of thiophene rings is 1. The van der Waals surface area contributed by atoms with Crippen LogP contribution in [0.1, 0.15) is 19.4 Å². The molecule has 122 valence electrons. The summed E-state index contributed by atoms with van der Waals surface area (Å²) in [4.78, 5) is 5.61. The molecule has 0 radical (unpaired) electrons. The first-order chi connectivity index (χ1) is 10.9. The van der Waals surface area contributed by atoms with Gasteiger partial charge in [0.1, 0.15) is 5.82 Å². The molecule has 0 aliphatic rings. The average Bonchev–Trinajstić information content (AvgIpc) is 3.14. The van der Waals surface area contributed by atoms with E-state index < -0.39 is 0 Å². The fourth-order valence-electron chi connectivity index (χ4n) is 2.36. The smallest absolute Gasteiger partial charge is 0.126 e. The van der Waals surface area contributed by atoms with Crippen molar-refractivity contribution in [2.45, 2.75) is 20.8 Å². The van der Waals surface area contributed by atoms with Crippen LogP contribution in [0.5, 0.6) is 0 Å². The molecule has 0 aliphatic carbocycles. The SMILES string of the molecule is Cc1c(-c2ccn[nH]2)sc2c(NCC(C)(C)CO)cc(N)nc12. The molecule has 3 aromatic rings. The summed E-state index contributed by atoms with van der Waals surface area (Å²) >= 11 is 1.66. The minimum atomic E-state index is -0.205. The van der Waals surface area contributed by atoms with E-state index in [-0.39, 0.29) is 12.0 Å². The topological polar surface area (TPSA) is 99.8 Å². The van der Waals surface area contributed by atoms with Crippen LogP contribution in [0.15, 0.2) is 18.3 Å². The van der Waals surface area contributed by atoms with Gasteiger partial charge in [0, 0.05) is 30.8 Å². The van der Waals surface area contributed by atoms with E-state index >= 15 is 0 Å². The summed E-state index contributed by atoms with van der Waals surface area (Å²) in [6.45, 7) is 6.84. The lowest BCUT2D eigenvalue weighted by Gasteiger charge is -2.22. The molecular formula is C16H21N5OS. The van der Waals surface area contributed by atoms with Crippen LogP contribution >= 0.6 is 11.3 Å². The number of aliphatic hydroxyl groups excluding tert-OH is 1. The number of nitrogens with zero attached hydrogens (tertiary/aromatic N) is 2. The fraction of sp³-hybridized carbons (Fsp3) is 0.375. The molecule has 3 rings (SSSR count). The molecule has 7 heteroatoms. The number of nitrogens with two attached hydrogens (primary N) is 1. The highest BCUT2D eigenvalue weighted by atomic mass is 32.1. The first kappa shape index (κ1) is 15.8. The van der Waals surface area contributed by atoms with E-state index in [1.165, 1.54) is 0 Å². The standard InChI is InChI=1S/C16H21N5OS/c1-9-13-15(23-14(9)10-4-5-19-21-10)11(6-12(17)20-13)18-7-16(2,3)8-22/h4-6,22H,7-8H2,1-3H3,(H,19,21)(H3,17,18,20). The number of nitrogens with one attached hydrogen (secondary N) is 2. The number of nitrogen functional groups attached to an aromatic ring is 1. The Morgan fingerprint density at radius 1 is 1.43 bits per heavy atom.